The molecule has 0 fully saturated rings. The molecule has 4 aromatic heterocycles. The fraction of sp³-hybridized carbons (Fsp3) is 0. The molecular weight excluding hydrogens is 719 g/mol. The van der Waals surface area contributed by atoms with Crippen molar-refractivity contribution in [2.45, 2.75) is 0 Å². The second-order valence-electron chi connectivity index (χ2n) is 14.3. The highest BCUT2D eigenvalue weighted by Crippen LogP contribution is 2.43. The molecule has 0 amide bonds. The molecule has 8 aromatic carbocycles. The smallest absolute Gasteiger partial charge is 0.167 e. The van der Waals surface area contributed by atoms with Crippen LogP contribution < -0.4 is 0 Å². The van der Waals surface area contributed by atoms with Crippen LogP contribution in [0.25, 0.3) is 120 Å². The summed E-state index contributed by atoms with van der Waals surface area (Å²) in [5.41, 5.74) is 10.2. The summed E-state index contributed by atoms with van der Waals surface area (Å²) < 4.78 is 15.9. The average molecular weight is 748 g/mol. The van der Waals surface area contributed by atoms with Crippen molar-refractivity contribution in [1.29, 1.82) is 0 Å². The Morgan fingerprint density at radius 3 is 1.81 bits per heavy atom. The van der Waals surface area contributed by atoms with Crippen molar-refractivity contribution < 1.29 is 8.83 Å². The van der Waals surface area contributed by atoms with Crippen molar-refractivity contribution in [1.82, 2.24) is 15.0 Å². The average Bonchev–Trinajstić information content (AvgIpc) is 3.97. The summed E-state index contributed by atoms with van der Waals surface area (Å²) in [5, 5.41) is 6.54. The van der Waals surface area contributed by atoms with Crippen molar-refractivity contribution in [3.63, 3.8) is 0 Å². The van der Waals surface area contributed by atoms with E-state index in [1.807, 2.05) is 54.6 Å². The van der Waals surface area contributed by atoms with Gasteiger partial charge in [-0.2, -0.15) is 0 Å². The molecule has 57 heavy (non-hydrogen) atoms. The topological polar surface area (TPSA) is 65.0 Å². The van der Waals surface area contributed by atoms with E-state index in [2.05, 4.69) is 121 Å². The minimum atomic E-state index is 0.555. The number of para-hydroxylation sites is 2. The van der Waals surface area contributed by atoms with Gasteiger partial charge in [0, 0.05) is 58.4 Å². The van der Waals surface area contributed by atoms with Gasteiger partial charge >= 0.3 is 0 Å². The number of nitrogens with zero attached hydrogens (tertiary/aromatic N) is 3. The Hall–Kier alpha value is -7.41. The van der Waals surface area contributed by atoms with Crippen LogP contribution in [0, 0.1) is 0 Å². The van der Waals surface area contributed by atoms with Crippen molar-refractivity contribution in [3.8, 4) is 56.4 Å². The minimum absolute atomic E-state index is 0.555. The van der Waals surface area contributed by atoms with Gasteiger partial charge in [-0.25, -0.2) is 15.0 Å². The van der Waals surface area contributed by atoms with E-state index in [0.29, 0.717) is 17.5 Å². The molecule has 0 unspecified atom stereocenters. The number of furan rings is 2. The van der Waals surface area contributed by atoms with Gasteiger partial charge in [0.05, 0.1) is 5.56 Å². The van der Waals surface area contributed by atoms with E-state index in [-0.39, 0.29) is 0 Å². The van der Waals surface area contributed by atoms with Gasteiger partial charge in [-0.15, -0.1) is 11.3 Å². The van der Waals surface area contributed by atoms with Gasteiger partial charge in [-0.1, -0.05) is 127 Å². The molecule has 0 saturated carbocycles. The number of hydrogen-bond donors (Lipinski definition) is 0. The fourth-order valence-electron chi connectivity index (χ4n) is 8.27. The van der Waals surface area contributed by atoms with Crippen LogP contribution in [0.1, 0.15) is 0 Å². The predicted octanol–water partition coefficient (Wildman–Crippen LogP) is 14.4. The number of benzene rings is 8. The first-order valence-electron chi connectivity index (χ1n) is 18.9. The molecule has 0 atom stereocenters. The van der Waals surface area contributed by atoms with Gasteiger partial charge in [0.15, 0.2) is 17.5 Å². The molecule has 4 heterocycles. The highest BCUT2D eigenvalue weighted by Gasteiger charge is 2.21. The van der Waals surface area contributed by atoms with Gasteiger partial charge in [-0.3, -0.25) is 0 Å². The van der Waals surface area contributed by atoms with Crippen LogP contribution >= 0.6 is 11.3 Å². The molecule has 0 aliphatic carbocycles. The van der Waals surface area contributed by atoms with E-state index in [1.54, 1.807) is 11.3 Å². The monoisotopic (exact) mass is 747 g/mol. The Morgan fingerprint density at radius 1 is 0.333 bits per heavy atom. The Bertz CT molecular complexity index is 3530. The molecule has 0 bridgehead atoms. The lowest BCUT2D eigenvalue weighted by molar-refractivity contribution is 0.668. The zero-order chi connectivity index (χ0) is 37.5. The van der Waals surface area contributed by atoms with Gasteiger partial charge in [0.1, 0.15) is 22.3 Å². The highest BCUT2D eigenvalue weighted by molar-refractivity contribution is 7.25. The molecule has 0 spiro atoms. The first-order valence-corrected chi connectivity index (χ1v) is 19.7. The first-order chi connectivity index (χ1) is 28.2. The van der Waals surface area contributed by atoms with Crippen LogP contribution in [0.3, 0.4) is 0 Å². The molecule has 0 saturated heterocycles. The molecule has 0 radical (unpaired) electrons. The van der Waals surface area contributed by atoms with Gasteiger partial charge in [0.2, 0.25) is 0 Å². The largest absolute Gasteiger partial charge is 0.455 e. The van der Waals surface area contributed by atoms with Crippen molar-refractivity contribution in [2.24, 2.45) is 0 Å². The SMILES string of the molecule is c1ccc(-c2cc(-c3ccc4c(c3)oc3c(-c5nc(-c6ccccc6)nc(-c6cccc7sc8ccccc8c67)n5)cccc34)c3oc4ccccc4c3c2)cc1. The van der Waals surface area contributed by atoms with Gasteiger partial charge < -0.3 is 8.83 Å². The summed E-state index contributed by atoms with van der Waals surface area (Å²) in [7, 11) is 0. The predicted molar refractivity (Wildman–Crippen MR) is 234 cm³/mol. The fourth-order valence-corrected chi connectivity index (χ4v) is 9.41. The van der Waals surface area contributed by atoms with E-state index in [4.69, 9.17) is 23.8 Å². The maximum atomic E-state index is 6.86. The quantitative estimate of drug-likeness (QED) is 0.175. The number of aromatic nitrogens is 3. The molecule has 0 aliphatic heterocycles. The van der Waals surface area contributed by atoms with Crippen LogP contribution in [0.2, 0.25) is 0 Å². The Balaban J connectivity index is 1.06. The minimum Gasteiger partial charge on any atom is -0.455 e. The number of fused-ring (bicyclic) bond motifs is 9. The Morgan fingerprint density at radius 2 is 0.947 bits per heavy atom. The third kappa shape index (κ3) is 5.12. The first kappa shape index (κ1) is 31.9. The van der Waals surface area contributed by atoms with Gasteiger partial charge in [-0.05, 0) is 65.2 Å². The maximum Gasteiger partial charge on any atom is 0.167 e. The maximum absolute atomic E-state index is 6.86. The molecule has 12 aromatic rings. The zero-order valence-electron chi connectivity index (χ0n) is 30.3. The van der Waals surface area contributed by atoms with E-state index < -0.39 is 0 Å². The molecular formula is C51H29N3O2S. The van der Waals surface area contributed by atoms with Crippen LogP contribution in [0.15, 0.2) is 185 Å². The van der Waals surface area contributed by atoms with Gasteiger partial charge in [0.25, 0.3) is 0 Å². The summed E-state index contributed by atoms with van der Waals surface area (Å²) in [4.78, 5) is 15.5. The van der Waals surface area contributed by atoms with Crippen molar-refractivity contribution >= 4 is 75.4 Å². The molecule has 6 heteroatoms. The zero-order valence-corrected chi connectivity index (χ0v) is 31.1. The van der Waals surface area contributed by atoms with Crippen LogP contribution in [-0.2, 0) is 0 Å². The van der Waals surface area contributed by atoms with Crippen molar-refractivity contribution in [2.75, 3.05) is 0 Å². The number of rotatable bonds is 5. The van der Waals surface area contributed by atoms with Crippen molar-refractivity contribution in [3.05, 3.63) is 176 Å². The van der Waals surface area contributed by atoms with Crippen LogP contribution in [0.5, 0.6) is 0 Å². The molecule has 5 nitrogen and oxygen atoms in total. The summed E-state index contributed by atoms with van der Waals surface area (Å²) in [6.45, 7) is 0. The second kappa shape index (κ2) is 12.6. The third-order valence-electron chi connectivity index (χ3n) is 10.9. The highest BCUT2D eigenvalue weighted by atomic mass is 32.1. The van der Waals surface area contributed by atoms with Crippen LogP contribution in [-0.4, -0.2) is 15.0 Å². The van der Waals surface area contributed by atoms with E-state index in [9.17, 15) is 0 Å². The normalized spacial score (nSPS) is 11.9. The summed E-state index contributed by atoms with van der Waals surface area (Å²) >= 11 is 1.78. The molecule has 0 N–H and O–H groups in total. The molecule has 0 aliphatic rings. The lowest BCUT2D eigenvalue weighted by Gasteiger charge is -2.10. The molecule has 12 rings (SSSR count). The summed E-state index contributed by atoms with van der Waals surface area (Å²) in [6, 6.07) is 60.9. The second-order valence-corrected chi connectivity index (χ2v) is 15.4. The lowest BCUT2D eigenvalue weighted by Crippen LogP contribution is -2.00. The van der Waals surface area contributed by atoms with E-state index in [0.717, 1.165) is 88.2 Å². The number of hydrogen-bond acceptors (Lipinski definition) is 6. The van der Waals surface area contributed by atoms with Crippen LogP contribution in [0.4, 0.5) is 0 Å². The Kier molecular flexibility index (Phi) is 7.03. The van der Waals surface area contributed by atoms with E-state index in [1.165, 1.54) is 14.8 Å². The third-order valence-corrected chi connectivity index (χ3v) is 12.1. The Labute approximate surface area is 330 Å². The molecule has 266 valence electrons. The summed E-state index contributed by atoms with van der Waals surface area (Å²) in [6.07, 6.45) is 0. The standard InChI is InChI=1S/C51H29N3O2S/c1-3-13-30(14-4-1)33-27-40(48-41(28-33)34-17-7-9-22-42(34)55-48)32-25-26-35-36-19-11-21-39(47(36)56-43(35)29-32)51-53-49(31-15-5-2-6-16-31)52-50(54-51)38-20-12-24-45-46(38)37-18-8-10-23-44(37)57-45/h1-29H. The lowest BCUT2D eigenvalue weighted by atomic mass is 9.95. The van der Waals surface area contributed by atoms with E-state index >= 15 is 0 Å². The summed E-state index contributed by atoms with van der Waals surface area (Å²) in [5.74, 6) is 1.78. The number of thiophene rings is 1.